The van der Waals surface area contributed by atoms with E-state index in [0.717, 1.165) is 43.7 Å². The van der Waals surface area contributed by atoms with Crippen molar-refractivity contribution in [2.75, 3.05) is 18.4 Å². The molecule has 3 N–H and O–H groups in total. The summed E-state index contributed by atoms with van der Waals surface area (Å²) >= 11 is 0. The van der Waals surface area contributed by atoms with E-state index in [1.165, 1.54) is 11.3 Å². The van der Waals surface area contributed by atoms with E-state index < -0.39 is 6.09 Å². The number of nitrogens with zero attached hydrogens (tertiary/aromatic N) is 1. The van der Waals surface area contributed by atoms with Gasteiger partial charge in [0.2, 0.25) is 0 Å². The molecule has 17 heavy (non-hydrogen) atoms. The molecule has 0 bridgehead atoms. The molecule has 1 aliphatic carbocycles. The lowest BCUT2D eigenvalue weighted by molar-refractivity contribution is 0.209. The number of hydrogen-bond donors (Lipinski definition) is 3. The van der Waals surface area contributed by atoms with Crippen molar-refractivity contribution < 1.29 is 9.90 Å². The van der Waals surface area contributed by atoms with Crippen molar-refractivity contribution in [2.24, 2.45) is 0 Å². The first-order chi connectivity index (χ1) is 8.25. The summed E-state index contributed by atoms with van der Waals surface area (Å²) in [4.78, 5) is 10.8. The van der Waals surface area contributed by atoms with Crippen LogP contribution in [0, 0.1) is 0 Å². The molecule has 2 aliphatic rings. The van der Waals surface area contributed by atoms with Gasteiger partial charge in [-0.3, -0.25) is 5.32 Å². The number of rotatable bonds is 1. The zero-order chi connectivity index (χ0) is 11.8. The summed E-state index contributed by atoms with van der Waals surface area (Å²) in [6.45, 7) is 2.69. The second kappa shape index (κ2) is 3.92. The highest BCUT2D eigenvalue weighted by Crippen LogP contribution is 2.34. The third-order valence-corrected chi connectivity index (χ3v) is 3.36. The van der Waals surface area contributed by atoms with Crippen LogP contribution in [0.5, 0.6) is 0 Å². The molecule has 0 atom stereocenters. The van der Waals surface area contributed by atoms with Crippen molar-refractivity contribution in [2.45, 2.75) is 19.4 Å². The van der Waals surface area contributed by atoms with Crippen LogP contribution in [0.4, 0.5) is 10.5 Å². The van der Waals surface area contributed by atoms with Crippen LogP contribution in [0.1, 0.15) is 17.7 Å². The van der Waals surface area contributed by atoms with Crippen molar-refractivity contribution in [3.8, 4) is 0 Å². The summed E-state index contributed by atoms with van der Waals surface area (Å²) in [5.41, 5.74) is 4.40. The van der Waals surface area contributed by atoms with Crippen LogP contribution in [0.3, 0.4) is 0 Å². The Morgan fingerprint density at radius 3 is 3.24 bits per heavy atom. The Morgan fingerprint density at radius 2 is 2.41 bits per heavy atom. The topological polar surface area (TPSA) is 66.3 Å². The van der Waals surface area contributed by atoms with E-state index in [0.29, 0.717) is 0 Å². The van der Waals surface area contributed by atoms with Crippen LogP contribution in [-0.4, -0.2) is 28.9 Å². The summed E-state index contributed by atoms with van der Waals surface area (Å²) in [5, 5.41) is 14.7. The fourth-order valence-corrected chi connectivity index (χ4v) is 2.70. The summed E-state index contributed by atoms with van der Waals surface area (Å²) in [6, 6.07) is 0. The van der Waals surface area contributed by atoms with Crippen molar-refractivity contribution >= 4 is 17.4 Å². The minimum atomic E-state index is -0.990. The quantitative estimate of drug-likeness (QED) is 0.688. The van der Waals surface area contributed by atoms with Gasteiger partial charge < -0.3 is 15.0 Å². The number of anilines is 1. The number of amides is 1. The molecule has 0 aromatic carbocycles. The lowest BCUT2D eigenvalue weighted by Crippen LogP contribution is -2.17. The number of nitrogens with one attached hydrogen (secondary N) is 2. The van der Waals surface area contributed by atoms with Gasteiger partial charge in [-0.15, -0.1) is 0 Å². The second-order valence-electron chi connectivity index (χ2n) is 4.44. The highest BCUT2D eigenvalue weighted by atomic mass is 16.4. The average Bonchev–Trinajstić information content (AvgIpc) is 2.51. The van der Waals surface area contributed by atoms with Gasteiger partial charge in [0.05, 0.1) is 11.4 Å². The summed E-state index contributed by atoms with van der Waals surface area (Å²) in [6.07, 6.45) is 5.09. The van der Waals surface area contributed by atoms with Gasteiger partial charge >= 0.3 is 6.09 Å². The molecule has 5 heteroatoms. The van der Waals surface area contributed by atoms with E-state index >= 15 is 0 Å². The first-order valence-electron chi connectivity index (χ1n) is 5.88. The summed E-state index contributed by atoms with van der Waals surface area (Å²) in [5.74, 6) is 0. The molecule has 90 valence electrons. The molecule has 3 rings (SSSR count). The van der Waals surface area contributed by atoms with E-state index in [4.69, 9.17) is 5.11 Å². The predicted octanol–water partition coefficient (Wildman–Crippen LogP) is 1.51. The van der Waals surface area contributed by atoms with Gasteiger partial charge in [-0.2, -0.15) is 0 Å². The largest absolute Gasteiger partial charge is 0.465 e. The Bertz CT molecular complexity index is 502. The van der Waals surface area contributed by atoms with Crippen LogP contribution in [0.25, 0.3) is 5.57 Å². The standard InChI is InChI=1S/C12H15N3O2/c16-12(17)14-10-7-15-5-4-13-6-8-2-1-3-9(10)11(8)15/h2,7,13-14H,1,3-6H2,(H,16,17). The van der Waals surface area contributed by atoms with Gasteiger partial charge in [-0.05, 0) is 18.4 Å². The maximum absolute atomic E-state index is 10.8. The van der Waals surface area contributed by atoms with E-state index in [2.05, 4.69) is 21.3 Å². The third-order valence-electron chi connectivity index (χ3n) is 3.36. The molecule has 0 fully saturated rings. The second-order valence-corrected chi connectivity index (χ2v) is 4.44. The molecule has 0 radical (unpaired) electrons. The lowest BCUT2D eigenvalue weighted by atomic mass is 9.96. The van der Waals surface area contributed by atoms with Gasteiger partial charge in [0, 0.05) is 31.4 Å². The zero-order valence-electron chi connectivity index (χ0n) is 9.49. The zero-order valence-corrected chi connectivity index (χ0v) is 9.49. The first-order valence-corrected chi connectivity index (χ1v) is 5.88. The Morgan fingerprint density at radius 1 is 1.53 bits per heavy atom. The highest BCUT2D eigenvalue weighted by Gasteiger charge is 2.23. The lowest BCUT2D eigenvalue weighted by Gasteiger charge is -2.15. The number of carboxylic acid groups (broad SMARTS) is 1. The van der Waals surface area contributed by atoms with Crippen LogP contribution < -0.4 is 10.6 Å². The van der Waals surface area contributed by atoms with Crippen LogP contribution in [0.15, 0.2) is 12.3 Å². The van der Waals surface area contributed by atoms with Crippen LogP contribution in [-0.2, 0) is 13.0 Å². The van der Waals surface area contributed by atoms with Crippen molar-refractivity contribution in [3.63, 3.8) is 0 Å². The fourth-order valence-electron chi connectivity index (χ4n) is 2.70. The highest BCUT2D eigenvalue weighted by molar-refractivity contribution is 5.87. The first kappa shape index (κ1) is 10.4. The van der Waals surface area contributed by atoms with Gasteiger partial charge in [0.15, 0.2) is 0 Å². The monoisotopic (exact) mass is 233 g/mol. The van der Waals surface area contributed by atoms with E-state index in [1.54, 1.807) is 0 Å². The summed E-state index contributed by atoms with van der Waals surface area (Å²) < 4.78 is 2.16. The summed E-state index contributed by atoms with van der Waals surface area (Å²) in [7, 11) is 0. The normalized spacial score (nSPS) is 18.0. The Balaban J connectivity index is 2.09. The number of allylic oxidation sites excluding steroid dienone is 1. The predicted molar refractivity (Wildman–Crippen MR) is 65.2 cm³/mol. The molecule has 1 aromatic rings. The smallest absolute Gasteiger partial charge is 0.409 e. The number of aromatic nitrogens is 1. The molecule has 0 saturated carbocycles. The van der Waals surface area contributed by atoms with Crippen molar-refractivity contribution in [1.82, 2.24) is 9.88 Å². The molecule has 1 aromatic heterocycles. The van der Waals surface area contributed by atoms with Crippen LogP contribution in [0.2, 0.25) is 0 Å². The molecular formula is C12H15N3O2. The van der Waals surface area contributed by atoms with Crippen LogP contribution >= 0.6 is 0 Å². The van der Waals surface area contributed by atoms with Gasteiger partial charge in [0.25, 0.3) is 0 Å². The molecule has 2 heterocycles. The maximum atomic E-state index is 10.8. The van der Waals surface area contributed by atoms with Crippen molar-refractivity contribution in [1.29, 1.82) is 0 Å². The van der Waals surface area contributed by atoms with Gasteiger partial charge in [-0.1, -0.05) is 6.08 Å². The Kier molecular flexibility index (Phi) is 2.40. The van der Waals surface area contributed by atoms with E-state index in [1.807, 2.05) is 6.20 Å². The SMILES string of the molecule is O=C(O)Nc1cn2c3c1CCC=C3CNCC2. The minimum absolute atomic E-state index is 0.750. The fraction of sp³-hybridized carbons (Fsp3) is 0.417. The average molecular weight is 233 g/mol. The molecule has 1 aliphatic heterocycles. The van der Waals surface area contributed by atoms with Crippen molar-refractivity contribution in [3.05, 3.63) is 23.5 Å². The minimum Gasteiger partial charge on any atom is -0.465 e. The van der Waals surface area contributed by atoms with Gasteiger partial charge in [0.1, 0.15) is 0 Å². The number of hydrogen-bond acceptors (Lipinski definition) is 2. The number of carbonyl (C=O) groups is 1. The Hall–Kier alpha value is -1.75. The Labute approximate surface area is 99.1 Å². The third kappa shape index (κ3) is 1.72. The molecule has 5 nitrogen and oxygen atoms in total. The molecule has 1 amide bonds. The molecule has 0 spiro atoms. The van der Waals surface area contributed by atoms with Gasteiger partial charge in [-0.25, -0.2) is 4.79 Å². The maximum Gasteiger partial charge on any atom is 0.409 e. The molecule has 0 saturated heterocycles. The van der Waals surface area contributed by atoms with E-state index in [9.17, 15) is 4.79 Å². The molecule has 0 unspecified atom stereocenters. The molecular weight excluding hydrogens is 218 g/mol. The van der Waals surface area contributed by atoms with E-state index in [-0.39, 0.29) is 0 Å².